The van der Waals surface area contributed by atoms with Gasteiger partial charge < -0.3 is 0 Å². The van der Waals surface area contributed by atoms with Crippen LogP contribution in [0.25, 0.3) is 0 Å². The van der Waals surface area contributed by atoms with Crippen LogP contribution in [0.4, 0.5) is 0 Å². The monoisotopic (exact) mass is 702 g/mol. The van der Waals surface area contributed by atoms with Crippen molar-refractivity contribution < 1.29 is 51.5 Å². The van der Waals surface area contributed by atoms with E-state index in [4.69, 9.17) is 12.5 Å². The molecule has 0 saturated heterocycles. The fourth-order valence-corrected chi connectivity index (χ4v) is 12.0. The molecule has 4 fully saturated rings. The standard InChI is InChI=1S/C30H54O12S3/c1-8-28(4,5)19(3)10-9-18(2)21-11-12-22-20-15-25(40-43(31,32)33)24-16-26(41-44(34,35)36)27(42-45(37,38)39)17-30(24,7)23(20)13-14-29(21,22)6/h18-27H,8-17H2,1-7H3,(H,31,32,33)(H,34,35,36)(H,37,38,39)/t18-,19?,20+,21-,22+,23+,24-,25+,26+,27+,29-,30-/m1/s1. The quantitative estimate of drug-likeness (QED) is 0.204. The van der Waals surface area contributed by atoms with E-state index in [-0.39, 0.29) is 41.4 Å². The molecule has 4 aliphatic carbocycles. The summed E-state index contributed by atoms with van der Waals surface area (Å²) >= 11 is 0. The second kappa shape index (κ2) is 12.8. The van der Waals surface area contributed by atoms with Gasteiger partial charge in [0.05, 0.1) is 6.10 Å². The lowest BCUT2D eigenvalue weighted by Gasteiger charge is -2.63. The van der Waals surface area contributed by atoms with E-state index < -0.39 is 60.8 Å². The maximum atomic E-state index is 12.1. The van der Waals surface area contributed by atoms with E-state index >= 15 is 0 Å². The van der Waals surface area contributed by atoms with E-state index in [9.17, 15) is 38.9 Å². The molecule has 0 radical (unpaired) electrons. The van der Waals surface area contributed by atoms with E-state index in [2.05, 4.69) is 41.5 Å². The molecule has 0 spiro atoms. The summed E-state index contributed by atoms with van der Waals surface area (Å²) in [4.78, 5) is 0. The van der Waals surface area contributed by atoms with Crippen molar-refractivity contribution in [2.45, 2.75) is 131 Å². The van der Waals surface area contributed by atoms with E-state index in [1.807, 2.05) is 6.92 Å². The van der Waals surface area contributed by atoms with Gasteiger partial charge in [0, 0.05) is 0 Å². The molecule has 0 bridgehead atoms. The van der Waals surface area contributed by atoms with Crippen LogP contribution in [0, 0.1) is 57.7 Å². The number of hydrogen-bond acceptors (Lipinski definition) is 9. The molecule has 4 aliphatic rings. The number of rotatable bonds is 12. The molecule has 3 N–H and O–H groups in total. The van der Waals surface area contributed by atoms with Crippen LogP contribution in [-0.4, -0.2) is 57.2 Å². The first-order valence-corrected chi connectivity index (χ1v) is 20.5. The Hall–Kier alpha value is -0.390. The van der Waals surface area contributed by atoms with Crippen molar-refractivity contribution in [1.82, 2.24) is 0 Å². The van der Waals surface area contributed by atoms with E-state index in [1.54, 1.807) is 0 Å². The molecule has 4 saturated carbocycles. The molecule has 45 heavy (non-hydrogen) atoms. The van der Waals surface area contributed by atoms with Crippen LogP contribution >= 0.6 is 0 Å². The highest BCUT2D eigenvalue weighted by molar-refractivity contribution is 7.81. The molecule has 0 aromatic heterocycles. The molecule has 0 heterocycles. The van der Waals surface area contributed by atoms with Gasteiger partial charge in [0.25, 0.3) is 0 Å². The van der Waals surface area contributed by atoms with E-state index in [0.717, 1.165) is 44.9 Å². The lowest BCUT2D eigenvalue weighted by atomic mass is 9.43. The van der Waals surface area contributed by atoms with Gasteiger partial charge in [0.15, 0.2) is 0 Å². The third kappa shape index (κ3) is 8.09. The minimum atomic E-state index is -5.07. The number of fused-ring (bicyclic) bond motifs is 5. The molecular weight excluding hydrogens is 649 g/mol. The second-order valence-electron chi connectivity index (χ2n) is 15.9. The Bertz CT molecular complexity index is 1400. The van der Waals surface area contributed by atoms with Crippen molar-refractivity contribution in [2.75, 3.05) is 0 Å². The Morgan fingerprint density at radius 1 is 0.733 bits per heavy atom. The zero-order chi connectivity index (χ0) is 34.0. The summed E-state index contributed by atoms with van der Waals surface area (Å²) in [6, 6.07) is 0. The molecule has 0 amide bonds. The van der Waals surface area contributed by atoms with Gasteiger partial charge in [-0.2, -0.15) is 25.3 Å². The summed E-state index contributed by atoms with van der Waals surface area (Å²) < 4.78 is 115. The van der Waals surface area contributed by atoms with Crippen molar-refractivity contribution in [1.29, 1.82) is 0 Å². The van der Waals surface area contributed by atoms with E-state index in [0.29, 0.717) is 24.2 Å². The lowest BCUT2D eigenvalue weighted by molar-refractivity contribution is -0.184. The van der Waals surface area contributed by atoms with Crippen molar-refractivity contribution in [2.24, 2.45) is 57.7 Å². The largest absolute Gasteiger partial charge is 0.397 e. The van der Waals surface area contributed by atoms with Crippen LogP contribution in [0.2, 0.25) is 0 Å². The minimum Gasteiger partial charge on any atom is -0.264 e. The zero-order valence-electron chi connectivity index (χ0n) is 27.6. The van der Waals surface area contributed by atoms with Gasteiger partial charge in [-0.05, 0) is 109 Å². The third-order valence-electron chi connectivity index (χ3n) is 13.4. The lowest BCUT2D eigenvalue weighted by Crippen LogP contribution is -2.62. The summed E-state index contributed by atoms with van der Waals surface area (Å²) in [5.74, 6) is 1.13. The first-order chi connectivity index (χ1) is 20.4. The average molecular weight is 703 g/mol. The highest BCUT2D eigenvalue weighted by atomic mass is 32.3. The molecule has 0 aromatic rings. The normalized spacial score (nSPS) is 40.7. The molecule has 0 aromatic carbocycles. The van der Waals surface area contributed by atoms with Gasteiger partial charge in [-0.25, -0.2) is 12.5 Å². The summed E-state index contributed by atoms with van der Waals surface area (Å²) in [7, 11) is -15.0. The van der Waals surface area contributed by atoms with Crippen molar-refractivity contribution in [3.8, 4) is 0 Å². The molecule has 0 aliphatic heterocycles. The van der Waals surface area contributed by atoms with Crippen LogP contribution in [0.1, 0.15) is 113 Å². The van der Waals surface area contributed by atoms with Gasteiger partial charge >= 0.3 is 31.2 Å². The predicted octanol–water partition coefficient (Wildman–Crippen LogP) is 5.92. The smallest absolute Gasteiger partial charge is 0.264 e. The van der Waals surface area contributed by atoms with E-state index in [1.165, 1.54) is 0 Å². The first kappa shape index (κ1) is 37.4. The summed E-state index contributed by atoms with van der Waals surface area (Å²) in [5.41, 5.74) is -0.539. The summed E-state index contributed by atoms with van der Waals surface area (Å²) in [6.07, 6.45) is 3.06. The fourth-order valence-electron chi connectivity index (χ4n) is 10.5. The van der Waals surface area contributed by atoms with Crippen LogP contribution in [0.5, 0.6) is 0 Å². The molecule has 4 rings (SSSR count). The van der Waals surface area contributed by atoms with Crippen molar-refractivity contribution >= 4 is 31.2 Å². The van der Waals surface area contributed by atoms with Gasteiger partial charge in [-0.1, -0.05) is 61.3 Å². The second-order valence-corrected chi connectivity index (χ2v) is 19.0. The van der Waals surface area contributed by atoms with Crippen LogP contribution in [0.15, 0.2) is 0 Å². The maximum Gasteiger partial charge on any atom is 0.397 e. The predicted molar refractivity (Wildman–Crippen MR) is 167 cm³/mol. The van der Waals surface area contributed by atoms with Crippen LogP contribution in [0.3, 0.4) is 0 Å². The number of hydrogen-bond donors (Lipinski definition) is 3. The Kier molecular flexibility index (Phi) is 10.7. The highest BCUT2D eigenvalue weighted by Gasteiger charge is 2.65. The zero-order valence-corrected chi connectivity index (χ0v) is 30.0. The van der Waals surface area contributed by atoms with Gasteiger partial charge in [-0.15, -0.1) is 0 Å². The first-order valence-electron chi connectivity index (χ1n) is 16.4. The molecule has 1 unspecified atom stereocenters. The third-order valence-corrected chi connectivity index (χ3v) is 14.9. The van der Waals surface area contributed by atoms with Crippen LogP contribution < -0.4 is 0 Å². The van der Waals surface area contributed by atoms with Gasteiger partial charge in [0.2, 0.25) is 0 Å². The fraction of sp³-hybridized carbons (Fsp3) is 1.00. The molecule has 264 valence electrons. The van der Waals surface area contributed by atoms with Gasteiger partial charge in [-0.3, -0.25) is 13.7 Å². The van der Waals surface area contributed by atoms with Crippen LogP contribution in [-0.2, 0) is 43.7 Å². The van der Waals surface area contributed by atoms with Crippen molar-refractivity contribution in [3.63, 3.8) is 0 Å². The Morgan fingerprint density at radius 3 is 1.82 bits per heavy atom. The SMILES string of the molecule is CCC(C)(C)C(C)CC[C@@H](C)[C@H]1CC[C@H]2[C@@H]3C[C@H](OS(=O)(=O)O)[C@H]4C[C@H](OS(=O)(=O)O)[C@@H](OS(=O)(=O)O)C[C@]4(C)[C@H]3CC[C@]12C. The maximum absolute atomic E-state index is 12.1. The Labute approximate surface area is 270 Å². The van der Waals surface area contributed by atoms with Gasteiger partial charge in [0.1, 0.15) is 12.2 Å². The Balaban J connectivity index is 1.65. The average Bonchev–Trinajstić information content (AvgIpc) is 3.23. The summed E-state index contributed by atoms with van der Waals surface area (Å²) in [5, 5.41) is 0. The summed E-state index contributed by atoms with van der Waals surface area (Å²) in [6.45, 7) is 15.8. The Morgan fingerprint density at radius 2 is 1.27 bits per heavy atom. The highest BCUT2D eigenvalue weighted by Crippen LogP contribution is 2.69. The van der Waals surface area contributed by atoms with Crippen molar-refractivity contribution in [3.05, 3.63) is 0 Å². The molecule has 12 atom stereocenters. The molecule has 12 nitrogen and oxygen atoms in total. The molecular formula is C30H54O12S3. The molecule has 15 heteroatoms. The minimum absolute atomic E-state index is 0.00248. The topological polar surface area (TPSA) is 191 Å².